The summed E-state index contributed by atoms with van der Waals surface area (Å²) in [4.78, 5) is 12.2. The molecule has 0 radical (unpaired) electrons. The number of hydrogen-bond acceptors (Lipinski definition) is 4. The second-order valence-corrected chi connectivity index (χ2v) is 7.37. The Morgan fingerprint density at radius 3 is 2.62 bits per heavy atom. The number of halogens is 1. The summed E-state index contributed by atoms with van der Waals surface area (Å²) in [5.41, 5.74) is 1.03. The van der Waals surface area contributed by atoms with E-state index in [9.17, 15) is 4.79 Å². The molecule has 0 amide bonds. The monoisotopic (exact) mass is 348 g/mol. The number of hydrogen-bond donors (Lipinski definition) is 0. The van der Waals surface area contributed by atoms with E-state index in [1.165, 1.54) is 0 Å². The van der Waals surface area contributed by atoms with Crippen LogP contribution in [0.4, 0.5) is 0 Å². The average Bonchev–Trinajstić information content (AvgIpc) is 3.07. The summed E-state index contributed by atoms with van der Waals surface area (Å²) in [5, 5.41) is 6.64. The molecule has 0 saturated heterocycles. The molecule has 0 spiro atoms. The van der Waals surface area contributed by atoms with Crippen LogP contribution in [0.25, 0.3) is 0 Å². The van der Waals surface area contributed by atoms with Crippen molar-refractivity contribution in [2.45, 2.75) is 20.3 Å². The number of ether oxygens (including phenoxy) is 1. The summed E-state index contributed by atoms with van der Waals surface area (Å²) >= 11 is 6.21. The Hall–Kier alpha value is -1.81. The van der Waals surface area contributed by atoms with Gasteiger partial charge in [0.25, 0.3) is 0 Å². The van der Waals surface area contributed by atoms with Crippen molar-refractivity contribution in [3.63, 3.8) is 0 Å². The van der Waals surface area contributed by atoms with Crippen molar-refractivity contribution in [3.05, 3.63) is 47.0 Å². The minimum Gasteiger partial charge on any atom is -0.461 e. The third-order valence-electron chi connectivity index (χ3n) is 4.37. The molecule has 1 aromatic rings. The lowest BCUT2D eigenvalue weighted by atomic mass is 10.1. The second kappa shape index (κ2) is 7.84. The smallest absolute Gasteiger partial charge is 0.310 e. The zero-order valence-electron chi connectivity index (χ0n) is 14.7. The maximum Gasteiger partial charge on any atom is 0.310 e. The topological polar surface area (TPSA) is 41.9 Å². The lowest BCUT2D eigenvalue weighted by Crippen LogP contribution is -2.11. The Morgan fingerprint density at radius 1 is 1.33 bits per heavy atom. The lowest BCUT2D eigenvalue weighted by molar-refractivity contribution is -0.144. The summed E-state index contributed by atoms with van der Waals surface area (Å²) in [6.45, 7) is 4.32. The van der Waals surface area contributed by atoms with Crippen molar-refractivity contribution in [1.29, 1.82) is 0 Å². The Morgan fingerprint density at radius 2 is 2.00 bits per heavy atom. The molecule has 1 aliphatic carbocycles. The minimum atomic E-state index is -0.185. The van der Waals surface area contributed by atoms with E-state index in [-0.39, 0.29) is 29.8 Å². The number of rotatable bonds is 7. The third kappa shape index (κ3) is 4.84. The van der Waals surface area contributed by atoms with Gasteiger partial charge in [-0.05, 0) is 17.1 Å². The van der Waals surface area contributed by atoms with Gasteiger partial charge in [0, 0.05) is 37.7 Å². The zero-order valence-corrected chi connectivity index (χ0v) is 15.5. The first kappa shape index (κ1) is 18.5. The van der Waals surface area contributed by atoms with E-state index in [1.807, 2.05) is 50.6 Å². The van der Waals surface area contributed by atoms with Gasteiger partial charge in [-0.15, -0.1) is 0 Å². The third-order valence-corrected chi connectivity index (χ3v) is 4.66. The maximum atomic E-state index is 12.2. The molecule has 24 heavy (non-hydrogen) atoms. The molecule has 4 nitrogen and oxygen atoms in total. The maximum absolute atomic E-state index is 12.2. The fourth-order valence-corrected chi connectivity index (χ4v) is 3.00. The van der Waals surface area contributed by atoms with Crippen LogP contribution >= 0.6 is 11.6 Å². The zero-order chi connectivity index (χ0) is 17.7. The van der Waals surface area contributed by atoms with Crippen molar-refractivity contribution >= 4 is 23.8 Å². The van der Waals surface area contributed by atoms with E-state index in [0.717, 1.165) is 5.56 Å². The van der Waals surface area contributed by atoms with Crippen LogP contribution in [0.2, 0.25) is 0 Å². The highest BCUT2D eigenvalue weighted by Gasteiger charge is 2.62. The molecule has 0 bridgehead atoms. The number of carbonyl (C=O) groups excluding carboxylic acids is 1. The van der Waals surface area contributed by atoms with Gasteiger partial charge in [0.1, 0.15) is 6.61 Å². The van der Waals surface area contributed by atoms with Crippen LogP contribution in [-0.4, -0.2) is 37.9 Å². The predicted octanol–water partition coefficient (Wildman–Crippen LogP) is 3.71. The Balaban J connectivity index is 1.82. The Labute approximate surface area is 149 Å². The molecule has 2 rings (SSSR count). The first-order valence-corrected chi connectivity index (χ1v) is 8.46. The van der Waals surface area contributed by atoms with Crippen molar-refractivity contribution in [1.82, 2.24) is 5.01 Å². The van der Waals surface area contributed by atoms with Crippen LogP contribution in [0.15, 0.2) is 46.5 Å². The average molecular weight is 349 g/mol. The fraction of sp³-hybridized carbons (Fsp3) is 0.474. The van der Waals surface area contributed by atoms with Crippen molar-refractivity contribution in [2.24, 2.45) is 22.4 Å². The lowest BCUT2D eigenvalue weighted by Gasteiger charge is -2.04. The fourth-order valence-electron chi connectivity index (χ4n) is 2.78. The van der Waals surface area contributed by atoms with Gasteiger partial charge in [-0.25, -0.2) is 0 Å². The molecule has 0 N–H and O–H groups in total. The number of allylic oxidation sites excluding steroid dienone is 1. The van der Waals surface area contributed by atoms with Gasteiger partial charge in [-0.2, -0.15) is 5.10 Å². The number of nitrogens with zero attached hydrogens (tertiary/aromatic N) is 2. The van der Waals surface area contributed by atoms with Gasteiger partial charge >= 0.3 is 5.97 Å². The van der Waals surface area contributed by atoms with E-state index in [4.69, 9.17) is 16.3 Å². The molecular formula is C19H25ClN2O2. The summed E-state index contributed by atoms with van der Waals surface area (Å²) in [5.74, 6) is -0.200. The molecule has 0 aliphatic heterocycles. The van der Waals surface area contributed by atoms with Crippen LogP contribution in [0, 0.1) is 17.3 Å². The minimum absolute atomic E-state index is 0.103. The van der Waals surface area contributed by atoms with Gasteiger partial charge in [-0.3, -0.25) is 4.79 Å². The summed E-state index contributed by atoms with van der Waals surface area (Å²) in [6, 6.07) is 9.96. The van der Waals surface area contributed by atoms with E-state index in [1.54, 1.807) is 11.1 Å². The molecule has 0 heterocycles. The number of hydrazone groups is 1. The van der Waals surface area contributed by atoms with Gasteiger partial charge in [0.2, 0.25) is 0 Å². The van der Waals surface area contributed by atoms with Crippen LogP contribution in [0.5, 0.6) is 0 Å². The highest BCUT2D eigenvalue weighted by atomic mass is 35.5. The van der Waals surface area contributed by atoms with Gasteiger partial charge < -0.3 is 9.75 Å². The van der Waals surface area contributed by atoms with Crippen molar-refractivity contribution < 1.29 is 9.53 Å². The number of carbonyl (C=O) groups is 1. The van der Waals surface area contributed by atoms with Crippen LogP contribution in [0.3, 0.4) is 0 Å². The van der Waals surface area contributed by atoms with E-state index < -0.39 is 0 Å². The summed E-state index contributed by atoms with van der Waals surface area (Å²) in [6.07, 6.45) is 4.24. The summed E-state index contributed by atoms with van der Waals surface area (Å²) < 4.78 is 5.37. The summed E-state index contributed by atoms with van der Waals surface area (Å²) in [7, 11) is 3.72. The number of benzene rings is 1. The molecule has 1 saturated carbocycles. The molecule has 1 fully saturated rings. The molecule has 0 aromatic heterocycles. The molecule has 130 valence electrons. The SMILES string of the molecule is CN(C)N=CC1C(C(=O)OCC=C(Cl)Cc2ccccc2)C1(C)C. The molecule has 5 heteroatoms. The first-order valence-electron chi connectivity index (χ1n) is 8.09. The normalized spacial score (nSPS) is 22.5. The first-order chi connectivity index (χ1) is 11.3. The Kier molecular flexibility index (Phi) is 6.05. The highest BCUT2D eigenvalue weighted by molar-refractivity contribution is 6.29. The van der Waals surface area contributed by atoms with Crippen LogP contribution in [0.1, 0.15) is 19.4 Å². The van der Waals surface area contributed by atoms with E-state index >= 15 is 0 Å². The van der Waals surface area contributed by atoms with Gasteiger partial charge in [-0.1, -0.05) is 55.8 Å². The van der Waals surface area contributed by atoms with Gasteiger partial charge in [0.05, 0.1) is 5.92 Å². The molecule has 2 unspecified atom stereocenters. The second-order valence-electron chi connectivity index (χ2n) is 6.88. The predicted molar refractivity (Wildman–Crippen MR) is 98.0 cm³/mol. The quantitative estimate of drug-likeness (QED) is 0.428. The van der Waals surface area contributed by atoms with Crippen LogP contribution < -0.4 is 0 Å². The van der Waals surface area contributed by atoms with Crippen molar-refractivity contribution in [3.8, 4) is 0 Å². The largest absolute Gasteiger partial charge is 0.461 e. The van der Waals surface area contributed by atoms with Crippen LogP contribution in [-0.2, 0) is 16.0 Å². The Bertz CT molecular complexity index is 624. The van der Waals surface area contributed by atoms with E-state index in [2.05, 4.69) is 18.9 Å². The molecule has 1 aliphatic rings. The van der Waals surface area contributed by atoms with Gasteiger partial charge in [0.15, 0.2) is 0 Å². The van der Waals surface area contributed by atoms with Crippen molar-refractivity contribution in [2.75, 3.05) is 20.7 Å². The number of esters is 1. The molecular weight excluding hydrogens is 324 g/mol. The molecule has 2 atom stereocenters. The van der Waals surface area contributed by atoms with E-state index in [0.29, 0.717) is 11.5 Å². The highest BCUT2D eigenvalue weighted by Crippen LogP contribution is 2.57. The standard InChI is InChI=1S/C19H25ClN2O2/c1-19(2)16(13-21-22(3)4)17(19)18(23)24-11-10-15(20)12-14-8-6-5-7-9-14/h5-10,13,16-17H,11-12H2,1-4H3. The molecule has 1 aromatic carbocycles.